The van der Waals surface area contributed by atoms with E-state index < -0.39 is 0 Å². The highest BCUT2D eigenvalue weighted by molar-refractivity contribution is 7.12. The summed E-state index contributed by atoms with van der Waals surface area (Å²) in [5.41, 5.74) is 1.03. The van der Waals surface area contributed by atoms with E-state index in [0.29, 0.717) is 19.6 Å². The zero-order valence-electron chi connectivity index (χ0n) is 11.5. The first-order chi connectivity index (χ1) is 9.11. The summed E-state index contributed by atoms with van der Waals surface area (Å²) in [5, 5.41) is 3.30. The first kappa shape index (κ1) is 15.9. The molecule has 1 aromatic rings. The molecule has 1 N–H and O–H groups in total. The summed E-state index contributed by atoms with van der Waals surface area (Å²) < 4.78 is 10.0. The maximum atomic E-state index is 11.1. The second-order valence-corrected chi connectivity index (χ2v) is 5.56. The Hall–Kier alpha value is -1.17. The third kappa shape index (κ3) is 7.10. The normalized spacial score (nSPS) is 10.4. The molecule has 0 amide bonds. The summed E-state index contributed by atoms with van der Waals surface area (Å²) in [4.78, 5) is 13.4. The molecule has 0 spiro atoms. The number of nitrogens with one attached hydrogen (secondary N) is 1. The smallest absolute Gasteiger partial charge is 0.310 e. The molecule has 0 saturated carbocycles. The molecule has 1 aromatic heterocycles. The van der Waals surface area contributed by atoms with Crippen LogP contribution in [0.5, 0.6) is 0 Å². The van der Waals surface area contributed by atoms with E-state index in [1.165, 1.54) is 12.0 Å². The second-order valence-electron chi connectivity index (χ2n) is 4.31. The molecule has 0 unspecified atom stereocenters. The zero-order valence-corrected chi connectivity index (χ0v) is 12.3. The standard InChI is InChI=1S/C14H21NO3S/c1-11(2)10-18-7-6-15-9-13-5-4-12(19-13)8-14(16)17-3/h4-5,15H,1,6-10H2,2-3H3. The minimum atomic E-state index is -0.199. The fraction of sp³-hybridized carbons (Fsp3) is 0.500. The van der Waals surface area contributed by atoms with Gasteiger partial charge in [0.1, 0.15) is 0 Å². The average Bonchev–Trinajstić information content (AvgIpc) is 2.80. The highest BCUT2D eigenvalue weighted by Gasteiger charge is 2.05. The van der Waals surface area contributed by atoms with E-state index >= 15 is 0 Å². The van der Waals surface area contributed by atoms with Crippen molar-refractivity contribution in [3.8, 4) is 0 Å². The van der Waals surface area contributed by atoms with Gasteiger partial charge in [-0.25, -0.2) is 0 Å². The Bertz CT molecular complexity index is 415. The third-order valence-corrected chi connectivity index (χ3v) is 3.42. The van der Waals surface area contributed by atoms with Crippen LogP contribution in [-0.4, -0.2) is 32.8 Å². The Labute approximate surface area is 118 Å². The maximum Gasteiger partial charge on any atom is 0.310 e. The van der Waals surface area contributed by atoms with E-state index in [4.69, 9.17) is 4.74 Å². The Morgan fingerprint density at radius 3 is 2.84 bits per heavy atom. The summed E-state index contributed by atoms with van der Waals surface area (Å²) >= 11 is 1.63. The summed E-state index contributed by atoms with van der Waals surface area (Å²) in [6.45, 7) is 8.60. The van der Waals surface area contributed by atoms with Gasteiger partial charge >= 0.3 is 5.97 Å². The van der Waals surface area contributed by atoms with Crippen LogP contribution in [0.15, 0.2) is 24.3 Å². The van der Waals surface area contributed by atoms with Gasteiger partial charge in [-0.3, -0.25) is 4.79 Å². The number of rotatable bonds is 9. The van der Waals surface area contributed by atoms with Crippen LogP contribution in [0.1, 0.15) is 16.7 Å². The van der Waals surface area contributed by atoms with E-state index in [2.05, 4.69) is 16.6 Å². The lowest BCUT2D eigenvalue weighted by Gasteiger charge is -2.04. The zero-order chi connectivity index (χ0) is 14.1. The second kappa shape index (κ2) is 8.85. The van der Waals surface area contributed by atoms with E-state index in [1.54, 1.807) is 11.3 Å². The van der Waals surface area contributed by atoms with Crippen LogP contribution in [0.4, 0.5) is 0 Å². The van der Waals surface area contributed by atoms with Gasteiger partial charge in [0, 0.05) is 22.8 Å². The molecule has 4 nitrogen and oxygen atoms in total. The minimum absolute atomic E-state index is 0.199. The molecule has 0 atom stereocenters. The Balaban J connectivity index is 2.16. The van der Waals surface area contributed by atoms with Crippen molar-refractivity contribution in [2.24, 2.45) is 0 Å². The SMILES string of the molecule is C=C(C)COCCNCc1ccc(CC(=O)OC)s1. The first-order valence-corrected chi connectivity index (χ1v) is 7.00. The molecule has 106 valence electrons. The largest absolute Gasteiger partial charge is 0.469 e. The number of hydrogen-bond donors (Lipinski definition) is 1. The molecule has 0 fully saturated rings. The van der Waals surface area contributed by atoms with Gasteiger partial charge in [-0.15, -0.1) is 11.3 Å². The van der Waals surface area contributed by atoms with Gasteiger partial charge < -0.3 is 14.8 Å². The molecule has 0 radical (unpaired) electrons. The van der Waals surface area contributed by atoms with Crippen molar-refractivity contribution in [3.05, 3.63) is 34.0 Å². The lowest BCUT2D eigenvalue weighted by molar-refractivity contribution is -0.139. The Kier molecular flexibility index (Phi) is 7.40. The van der Waals surface area contributed by atoms with Crippen molar-refractivity contribution in [2.45, 2.75) is 19.9 Å². The molecule has 0 bridgehead atoms. The lowest BCUT2D eigenvalue weighted by atomic mass is 10.3. The predicted molar refractivity (Wildman–Crippen MR) is 77.4 cm³/mol. The van der Waals surface area contributed by atoms with Crippen LogP contribution >= 0.6 is 11.3 Å². The minimum Gasteiger partial charge on any atom is -0.469 e. The Morgan fingerprint density at radius 1 is 1.42 bits per heavy atom. The van der Waals surface area contributed by atoms with Crippen molar-refractivity contribution in [2.75, 3.05) is 26.9 Å². The number of esters is 1. The number of ether oxygens (including phenoxy) is 2. The summed E-state index contributed by atoms with van der Waals surface area (Å²) in [5.74, 6) is -0.199. The average molecular weight is 283 g/mol. The molecule has 0 aliphatic rings. The van der Waals surface area contributed by atoms with Crippen LogP contribution in [0, 0.1) is 0 Å². The number of thiophene rings is 1. The molecule has 1 rings (SSSR count). The van der Waals surface area contributed by atoms with Crippen LogP contribution in [0.2, 0.25) is 0 Å². The molecule has 0 saturated heterocycles. The van der Waals surface area contributed by atoms with E-state index in [0.717, 1.165) is 23.5 Å². The number of hydrogen-bond acceptors (Lipinski definition) is 5. The van der Waals surface area contributed by atoms with Crippen LogP contribution in [-0.2, 0) is 27.2 Å². The highest BCUT2D eigenvalue weighted by atomic mass is 32.1. The van der Waals surface area contributed by atoms with Gasteiger partial charge in [0.25, 0.3) is 0 Å². The fourth-order valence-electron chi connectivity index (χ4n) is 1.43. The van der Waals surface area contributed by atoms with Gasteiger partial charge in [-0.05, 0) is 19.1 Å². The van der Waals surface area contributed by atoms with Gasteiger partial charge in [0.15, 0.2) is 0 Å². The van der Waals surface area contributed by atoms with Crippen LogP contribution in [0.3, 0.4) is 0 Å². The summed E-state index contributed by atoms with van der Waals surface area (Å²) in [6, 6.07) is 4.00. The molecule has 0 aromatic carbocycles. The quantitative estimate of drug-likeness (QED) is 0.428. The van der Waals surface area contributed by atoms with E-state index in [-0.39, 0.29) is 5.97 Å². The van der Waals surface area contributed by atoms with Crippen molar-refractivity contribution in [1.29, 1.82) is 0 Å². The molecular weight excluding hydrogens is 262 g/mol. The van der Waals surface area contributed by atoms with Crippen LogP contribution in [0.25, 0.3) is 0 Å². The van der Waals surface area contributed by atoms with Crippen molar-refractivity contribution in [1.82, 2.24) is 5.32 Å². The maximum absolute atomic E-state index is 11.1. The summed E-state index contributed by atoms with van der Waals surface area (Å²) in [6.07, 6.45) is 0.350. The van der Waals surface area contributed by atoms with Crippen molar-refractivity contribution < 1.29 is 14.3 Å². The highest BCUT2D eigenvalue weighted by Crippen LogP contribution is 2.17. The monoisotopic (exact) mass is 283 g/mol. The first-order valence-electron chi connectivity index (χ1n) is 6.19. The van der Waals surface area contributed by atoms with Crippen molar-refractivity contribution in [3.63, 3.8) is 0 Å². The van der Waals surface area contributed by atoms with Crippen LogP contribution < -0.4 is 5.32 Å². The molecule has 0 aliphatic heterocycles. The van der Waals surface area contributed by atoms with Gasteiger partial charge in [0.05, 0.1) is 26.7 Å². The number of carbonyl (C=O) groups excluding carboxylic acids is 1. The topological polar surface area (TPSA) is 47.6 Å². The number of carbonyl (C=O) groups is 1. The predicted octanol–water partition coefficient (Wildman–Crippen LogP) is 2.15. The fourth-order valence-corrected chi connectivity index (χ4v) is 2.40. The summed E-state index contributed by atoms with van der Waals surface area (Å²) in [7, 11) is 1.41. The Morgan fingerprint density at radius 2 is 2.16 bits per heavy atom. The van der Waals surface area contributed by atoms with Crippen molar-refractivity contribution >= 4 is 17.3 Å². The molecule has 0 aliphatic carbocycles. The molecular formula is C14H21NO3S. The van der Waals surface area contributed by atoms with Gasteiger partial charge in [0.2, 0.25) is 0 Å². The third-order valence-electron chi connectivity index (χ3n) is 2.33. The van der Waals surface area contributed by atoms with E-state index in [1.807, 2.05) is 19.1 Å². The number of methoxy groups -OCH3 is 1. The van der Waals surface area contributed by atoms with Gasteiger partial charge in [-0.1, -0.05) is 12.2 Å². The molecule has 19 heavy (non-hydrogen) atoms. The van der Waals surface area contributed by atoms with Gasteiger partial charge in [-0.2, -0.15) is 0 Å². The molecule has 1 heterocycles. The lowest BCUT2D eigenvalue weighted by Crippen LogP contribution is -2.19. The molecule has 5 heteroatoms. The van der Waals surface area contributed by atoms with E-state index in [9.17, 15) is 4.79 Å².